The normalized spacial score (nSPS) is 10.7. The average Bonchev–Trinajstić information content (AvgIpc) is 2.67. The van der Waals surface area contributed by atoms with Crippen molar-refractivity contribution >= 4 is 29.2 Å². The summed E-state index contributed by atoms with van der Waals surface area (Å²) in [5.74, 6) is 0.717. The van der Waals surface area contributed by atoms with Crippen LogP contribution in [-0.2, 0) is 6.61 Å². The van der Waals surface area contributed by atoms with Crippen LogP contribution in [0.2, 0.25) is 5.02 Å². The number of rotatable bonds is 7. The maximum absolute atomic E-state index is 10.6. The molecule has 0 atom stereocenters. The van der Waals surface area contributed by atoms with E-state index >= 15 is 0 Å². The van der Waals surface area contributed by atoms with Gasteiger partial charge >= 0.3 is 0 Å². The van der Waals surface area contributed by atoms with Crippen LogP contribution in [0.1, 0.15) is 11.1 Å². The van der Waals surface area contributed by atoms with Crippen molar-refractivity contribution in [2.24, 2.45) is 5.10 Å². The molecule has 0 bridgehead atoms. The average molecular weight is 382 g/mol. The summed E-state index contributed by atoms with van der Waals surface area (Å²) in [6.45, 7) is 0.419. The first-order valence-corrected chi connectivity index (χ1v) is 8.49. The number of nitrogens with zero attached hydrogens (tertiary/aromatic N) is 2. The summed E-state index contributed by atoms with van der Waals surface area (Å²) in [7, 11) is 0. The van der Waals surface area contributed by atoms with Crippen molar-refractivity contribution in [3.8, 4) is 5.75 Å². The first-order valence-electron chi connectivity index (χ1n) is 8.11. The van der Waals surface area contributed by atoms with Gasteiger partial charge in [-0.15, -0.1) is 0 Å². The third-order valence-electron chi connectivity index (χ3n) is 3.64. The lowest BCUT2D eigenvalue weighted by Gasteiger charge is -2.07. The van der Waals surface area contributed by atoms with Crippen molar-refractivity contribution < 1.29 is 9.66 Å². The number of nitro groups is 1. The van der Waals surface area contributed by atoms with E-state index in [1.807, 2.05) is 48.5 Å². The van der Waals surface area contributed by atoms with Crippen molar-refractivity contribution in [2.45, 2.75) is 6.61 Å². The lowest BCUT2D eigenvalue weighted by Crippen LogP contribution is -1.96. The molecule has 0 spiro atoms. The van der Waals surface area contributed by atoms with Crippen LogP contribution in [0, 0.1) is 10.1 Å². The molecule has 136 valence electrons. The number of nitro benzene ring substituents is 1. The quantitative estimate of drug-likeness (QED) is 0.343. The molecule has 0 fully saturated rings. The fourth-order valence-electron chi connectivity index (χ4n) is 2.32. The van der Waals surface area contributed by atoms with E-state index < -0.39 is 4.92 Å². The Kier molecular flexibility index (Phi) is 6.02. The number of hydrazone groups is 1. The summed E-state index contributed by atoms with van der Waals surface area (Å²) in [6.07, 6.45) is 1.65. The largest absolute Gasteiger partial charge is 0.489 e. The van der Waals surface area contributed by atoms with Crippen LogP contribution in [0.15, 0.2) is 77.9 Å². The minimum Gasteiger partial charge on any atom is -0.489 e. The van der Waals surface area contributed by atoms with Crippen LogP contribution in [-0.4, -0.2) is 11.1 Å². The molecule has 0 aliphatic heterocycles. The van der Waals surface area contributed by atoms with Crippen molar-refractivity contribution in [1.82, 2.24) is 0 Å². The van der Waals surface area contributed by atoms with Crippen LogP contribution in [0.3, 0.4) is 0 Å². The number of halogens is 1. The monoisotopic (exact) mass is 381 g/mol. The molecule has 3 aromatic rings. The Morgan fingerprint density at radius 3 is 2.59 bits per heavy atom. The minimum atomic E-state index is -0.443. The molecule has 0 heterocycles. The third-order valence-corrected chi connectivity index (χ3v) is 3.87. The SMILES string of the molecule is O=[N+]([O-])c1ccc(NN=Cc2cccc(OCc3cccc(Cl)c3)c2)cc1. The standard InChI is InChI=1S/C20H16ClN3O3/c21-17-5-1-4-16(11-17)14-27-20-6-2-3-15(12-20)13-22-23-18-7-9-19(10-8-18)24(25)26/h1-13,23H,14H2. The number of nitrogens with one attached hydrogen (secondary N) is 1. The fraction of sp³-hybridized carbons (Fsp3) is 0.0500. The van der Waals surface area contributed by atoms with E-state index in [0.717, 1.165) is 11.1 Å². The van der Waals surface area contributed by atoms with E-state index in [9.17, 15) is 10.1 Å². The highest BCUT2D eigenvalue weighted by Crippen LogP contribution is 2.17. The summed E-state index contributed by atoms with van der Waals surface area (Å²) >= 11 is 5.97. The molecular weight excluding hydrogens is 366 g/mol. The Morgan fingerprint density at radius 1 is 1.07 bits per heavy atom. The number of hydrogen-bond acceptors (Lipinski definition) is 5. The number of ether oxygens (including phenoxy) is 1. The maximum Gasteiger partial charge on any atom is 0.269 e. The van der Waals surface area contributed by atoms with Crippen molar-refractivity contribution in [3.05, 3.63) is 99.1 Å². The van der Waals surface area contributed by atoms with Gasteiger partial charge < -0.3 is 4.74 Å². The van der Waals surface area contributed by atoms with Gasteiger partial charge in [0.25, 0.3) is 5.69 Å². The second-order valence-corrected chi connectivity index (χ2v) is 6.10. The number of benzene rings is 3. The van der Waals surface area contributed by atoms with Crippen molar-refractivity contribution in [3.63, 3.8) is 0 Å². The van der Waals surface area contributed by atoms with Crippen LogP contribution >= 0.6 is 11.6 Å². The zero-order valence-corrected chi connectivity index (χ0v) is 15.0. The predicted octanol–water partition coefficient (Wildman–Crippen LogP) is 5.27. The lowest BCUT2D eigenvalue weighted by atomic mass is 10.2. The molecule has 0 unspecified atom stereocenters. The summed E-state index contributed by atoms with van der Waals surface area (Å²) < 4.78 is 5.78. The topological polar surface area (TPSA) is 76.8 Å². The minimum absolute atomic E-state index is 0.0362. The van der Waals surface area contributed by atoms with Gasteiger partial charge in [-0.05, 0) is 47.5 Å². The Labute approximate surface area is 161 Å². The molecule has 3 aromatic carbocycles. The van der Waals surface area contributed by atoms with Gasteiger partial charge in [0.2, 0.25) is 0 Å². The fourth-order valence-corrected chi connectivity index (χ4v) is 2.53. The van der Waals surface area contributed by atoms with Gasteiger partial charge in [-0.3, -0.25) is 15.5 Å². The van der Waals surface area contributed by atoms with Crippen LogP contribution in [0.25, 0.3) is 0 Å². The second kappa shape index (κ2) is 8.82. The molecule has 3 rings (SSSR count). The first kappa shape index (κ1) is 18.4. The van der Waals surface area contributed by atoms with E-state index in [4.69, 9.17) is 16.3 Å². The number of hydrogen-bond donors (Lipinski definition) is 1. The lowest BCUT2D eigenvalue weighted by molar-refractivity contribution is -0.384. The predicted molar refractivity (Wildman–Crippen MR) is 107 cm³/mol. The Hall–Kier alpha value is -3.38. The maximum atomic E-state index is 10.6. The zero-order chi connectivity index (χ0) is 19.1. The molecule has 0 aromatic heterocycles. The number of non-ortho nitro benzene ring substituents is 1. The van der Waals surface area contributed by atoms with Gasteiger partial charge in [0, 0.05) is 17.2 Å². The molecule has 6 nitrogen and oxygen atoms in total. The van der Waals surface area contributed by atoms with Gasteiger partial charge in [0.05, 0.1) is 16.8 Å². The van der Waals surface area contributed by atoms with E-state index in [-0.39, 0.29) is 5.69 Å². The summed E-state index contributed by atoms with van der Waals surface area (Å²) in [5, 5.41) is 15.5. The van der Waals surface area contributed by atoms with Gasteiger partial charge in [-0.25, -0.2) is 0 Å². The summed E-state index contributed by atoms with van der Waals surface area (Å²) in [6, 6.07) is 21.1. The molecule has 27 heavy (non-hydrogen) atoms. The molecule has 0 saturated heterocycles. The molecular formula is C20H16ClN3O3. The number of anilines is 1. The first-order chi connectivity index (χ1) is 13.1. The van der Waals surface area contributed by atoms with E-state index in [2.05, 4.69) is 10.5 Å². The van der Waals surface area contributed by atoms with Crippen LogP contribution < -0.4 is 10.2 Å². The highest BCUT2D eigenvalue weighted by atomic mass is 35.5. The summed E-state index contributed by atoms with van der Waals surface area (Å²) in [4.78, 5) is 10.2. The van der Waals surface area contributed by atoms with Crippen LogP contribution in [0.5, 0.6) is 5.75 Å². The molecule has 0 aliphatic carbocycles. The molecule has 0 saturated carbocycles. The smallest absolute Gasteiger partial charge is 0.269 e. The van der Waals surface area contributed by atoms with E-state index in [0.29, 0.717) is 23.1 Å². The second-order valence-electron chi connectivity index (χ2n) is 5.67. The van der Waals surface area contributed by atoms with Gasteiger partial charge in [0.1, 0.15) is 12.4 Å². The molecule has 7 heteroatoms. The molecule has 0 amide bonds. The molecule has 0 radical (unpaired) electrons. The van der Waals surface area contributed by atoms with Crippen molar-refractivity contribution in [2.75, 3.05) is 5.43 Å². The summed E-state index contributed by atoms with van der Waals surface area (Å²) in [5.41, 5.74) is 5.37. The molecule has 1 N–H and O–H groups in total. The Bertz CT molecular complexity index is 959. The Balaban J connectivity index is 1.58. The van der Waals surface area contributed by atoms with Gasteiger partial charge in [0.15, 0.2) is 0 Å². The van der Waals surface area contributed by atoms with Crippen LogP contribution in [0.4, 0.5) is 11.4 Å². The zero-order valence-electron chi connectivity index (χ0n) is 14.2. The Morgan fingerprint density at radius 2 is 1.85 bits per heavy atom. The van der Waals surface area contributed by atoms with Gasteiger partial charge in [-0.1, -0.05) is 35.9 Å². The highest BCUT2D eigenvalue weighted by Gasteiger charge is 2.03. The third kappa shape index (κ3) is 5.55. The van der Waals surface area contributed by atoms with E-state index in [1.165, 1.54) is 12.1 Å². The molecule has 0 aliphatic rings. The van der Waals surface area contributed by atoms with Gasteiger partial charge in [-0.2, -0.15) is 5.10 Å². The van der Waals surface area contributed by atoms with E-state index in [1.54, 1.807) is 18.3 Å². The highest BCUT2D eigenvalue weighted by molar-refractivity contribution is 6.30. The van der Waals surface area contributed by atoms with Crippen molar-refractivity contribution in [1.29, 1.82) is 0 Å².